The van der Waals surface area contributed by atoms with E-state index in [1.807, 2.05) is 19.9 Å². The third-order valence-electron chi connectivity index (χ3n) is 3.24. The molecule has 1 atom stereocenters. The van der Waals surface area contributed by atoms with Crippen molar-refractivity contribution >= 4 is 6.09 Å². The summed E-state index contributed by atoms with van der Waals surface area (Å²) >= 11 is 0. The first-order valence-electron chi connectivity index (χ1n) is 5.60. The molecule has 1 saturated heterocycles. The number of cyclic esters (lactones) is 1. The fourth-order valence-electron chi connectivity index (χ4n) is 2.13. The van der Waals surface area contributed by atoms with E-state index in [9.17, 15) is 9.18 Å². The van der Waals surface area contributed by atoms with Gasteiger partial charge in [-0.05, 0) is 24.1 Å². The number of amides is 1. The molecule has 2 rings (SSSR count). The van der Waals surface area contributed by atoms with Crippen LogP contribution in [-0.4, -0.2) is 12.7 Å². The summed E-state index contributed by atoms with van der Waals surface area (Å²) in [5.41, 5.74) is 1.13. The lowest BCUT2D eigenvalue weighted by Crippen LogP contribution is -2.47. The highest BCUT2D eigenvalue weighted by molar-refractivity contribution is 5.69. The third kappa shape index (κ3) is 2.12. The highest BCUT2D eigenvalue weighted by atomic mass is 19.1. The molecule has 0 unspecified atom stereocenters. The highest BCUT2D eigenvalue weighted by Gasteiger charge is 2.38. The Morgan fingerprint density at radius 2 is 2.18 bits per heavy atom. The Kier molecular flexibility index (Phi) is 2.81. The number of alkyl carbamates (subject to hydrolysis) is 1. The molecule has 1 N–H and O–H groups in total. The standard InChI is InChI=1S/C13H16FNO2/c1-8-9(5-4-6-10(8)14)11-13(2,3)7-17-12(16)15-11/h4-6,11H,7H2,1-3H3,(H,15,16)/t11-/m1/s1. The number of carbonyl (C=O) groups is 1. The monoisotopic (exact) mass is 237 g/mol. The van der Waals surface area contributed by atoms with E-state index in [2.05, 4.69) is 5.32 Å². The molecule has 1 heterocycles. The topological polar surface area (TPSA) is 38.3 Å². The van der Waals surface area contributed by atoms with Crippen molar-refractivity contribution < 1.29 is 13.9 Å². The molecule has 0 aromatic heterocycles. The number of nitrogens with one attached hydrogen (secondary N) is 1. The van der Waals surface area contributed by atoms with E-state index in [1.165, 1.54) is 6.07 Å². The number of hydrogen-bond donors (Lipinski definition) is 1. The summed E-state index contributed by atoms with van der Waals surface area (Å²) in [4.78, 5) is 11.3. The van der Waals surface area contributed by atoms with Crippen LogP contribution >= 0.6 is 0 Å². The Labute approximate surface area is 100.0 Å². The minimum absolute atomic E-state index is 0.223. The minimum atomic E-state index is -0.446. The van der Waals surface area contributed by atoms with Crippen LogP contribution in [-0.2, 0) is 4.74 Å². The van der Waals surface area contributed by atoms with E-state index in [1.54, 1.807) is 13.0 Å². The first-order chi connectivity index (χ1) is 7.92. The lowest BCUT2D eigenvalue weighted by Gasteiger charge is -2.39. The second-order valence-electron chi connectivity index (χ2n) is 5.10. The van der Waals surface area contributed by atoms with Gasteiger partial charge in [-0.2, -0.15) is 0 Å². The maximum absolute atomic E-state index is 13.5. The quantitative estimate of drug-likeness (QED) is 0.815. The van der Waals surface area contributed by atoms with Gasteiger partial charge >= 0.3 is 6.09 Å². The Balaban J connectivity index is 2.43. The Bertz CT molecular complexity index is 457. The van der Waals surface area contributed by atoms with E-state index in [-0.39, 0.29) is 17.3 Å². The van der Waals surface area contributed by atoms with Gasteiger partial charge in [-0.3, -0.25) is 0 Å². The molecule has 0 saturated carbocycles. The first-order valence-corrected chi connectivity index (χ1v) is 5.60. The van der Waals surface area contributed by atoms with E-state index >= 15 is 0 Å². The second-order valence-corrected chi connectivity index (χ2v) is 5.10. The fourth-order valence-corrected chi connectivity index (χ4v) is 2.13. The van der Waals surface area contributed by atoms with Gasteiger partial charge in [0.25, 0.3) is 0 Å². The predicted octanol–water partition coefficient (Wildman–Crippen LogP) is 2.94. The Hall–Kier alpha value is -1.58. The van der Waals surface area contributed by atoms with Gasteiger partial charge in [0.2, 0.25) is 0 Å². The van der Waals surface area contributed by atoms with Crippen molar-refractivity contribution in [2.75, 3.05) is 6.61 Å². The molecule has 1 aromatic carbocycles. The second kappa shape index (κ2) is 4.02. The smallest absolute Gasteiger partial charge is 0.407 e. The zero-order chi connectivity index (χ0) is 12.6. The maximum Gasteiger partial charge on any atom is 0.407 e. The minimum Gasteiger partial charge on any atom is -0.449 e. The van der Waals surface area contributed by atoms with Crippen LogP contribution in [0.25, 0.3) is 0 Å². The summed E-state index contributed by atoms with van der Waals surface area (Å²) in [5, 5.41) is 2.76. The van der Waals surface area contributed by atoms with Crippen molar-refractivity contribution in [3.8, 4) is 0 Å². The Morgan fingerprint density at radius 3 is 2.88 bits per heavy atom. The molecule has 3 nitrogen and oxygen atoms in total. The first kappa shape index (κ1) is 11.9. The largest absolute Gasteiger partial charge is 0.449 e. The van der Waals surface area contributed by atoms with Crippen molar-refractivity contribution in [2.24, 2.45) is 5.41 Å². The lowest BCUT2D eigenvalue weighted by molar-refractivity contribution is 0.0385. The van der Waals surface area contributed by atoms with E-state index in [4.69, 9.17) is 4.74 Å². The van der Waals surface area contributed by atoms with Crippen molar-refractivity contribution in [1.29, 1.82) is 0 Å². The molecule has 0 spiro atoms. The molecule has 1 amide bonds. The molecule has 1 aliphatic rings. The highest BCUT2D eigenvalue weighted by Crippen LogP contribution is 2.37. The van der Waals surface area contributed by atoms with Gasteiger partial charge in [0.15, 0.2) is 0 Å². The van der Waals surface area contributed by atoms with Crippen molar-refractivity contribution in [1.82, 2.24) is 5.32 Å². The predicted molar refractivity (Wildman–Crippen MR) is 62.1 cm³/mol. The van der Waals surface area contributed by atoms with Gasteiger partial charge in [0.05, 0.1) is 6.04 Å². The van der Waals surface area contributed by atoms with Crippen LogP contribution in [0.15, 0.2) is 18.2 Å². The number of ether oxygens (including phenoxy) is 1. The van der Waals surface area contributed by atoms with Gasteiger partial charge in [0.1, 0.15) is 12.4 Å². The zero-order valence-corrected chi connectivity index (χ0v) is 10.2. The van der Waals surface area contributed by atoms with Gasteiger partial charge in [-0.25, -0.2) is 9.18 Å². The molecule has 17 heavy (non-hydrogen) atoms. The van der Waals surface area contributed by atoms with E-state index in [0.29, 0.717) is 12.2 Å². The summed E-state index contributed by atoms with van der Waals surface area (Å²) in [6.45, 7) is 6.03. The number of rotatable bonds is 1. The van der Waals surface area contributed by atoms with Crippen molar-refractivity contribution in [2.45, 2.75) is 26.8 Å². The number of carbonyl (C=O) groups excluding carboxylic acids is 1. The van der Waals surface area contributed by atoms with Crippen LogP contribution in [0.1, 0.15) is 31.0 Å². The summed E-state index contributed by atoms with van der Waals surface area (Å²) in [7, 11) is 0. The molecule has 0 aliphatic carbocycles. The van der Waals surface area contributed by atoms with E-state index in [0.717, 1.165) is 5.56 Å². The lowest BCUT2D eigenvalue weighted by atomic mass is 9.79. The number of halogens is 1. The summed E-state index contributed by atoms with van der Waals surface area (Å²) in [5.74, 6) is -0.251. The summed E-state index contributed by atoms with van der Waals surface area (Å²) in [6, 6.07) is 4.71. The molecule has 4 heteroatoms. The van der Waals surface area contributed by atoms with Crippen LogP contribution in [0.5, 0.6) is 0 Å². The molecule has 0 bridgehead atoms. The molecule has 1 aliphatic heterocycles. The fraction of sp³-hybridized carbons (Fsp3) is 0.462. The zero-order valence-electron chi connectivity index (χ0n) is 10.2. The molecule has 92 valence electrons. The number of hydrogen-bond acceptors (Lipinski definition) is 2. The maximum atomic E-state index is 13.5. The normalized spacial score (nSPS) is 22.8. The SMILES string of the molecule is Cc1c(F)cccc1[C@H]1NC(=O)OCC1(C)C. The van der Waals surface area contributed by atoms with E-state index < -0.39 is 6.09 Å². The van der Waals surface area contributed by atoms with Crippen LogP contribution in [0.4, 0.5) is 9.18 Å². The van der Waals surface area contributed by atoms with Crippen molar-refractivity contribution in [3.63, 3.8) is 0 Å². The molecular formula is C13H16FNO2. The van der Waals surface area contributed by atoms with Crippen LogP contribution in [0.2, 0.25) is 0 Å². The van der Waals surface area contributed by atoms with Gasteiger partial charge in [0, 0.05) is 5.41 Å². The molecular weight excluding hydrogens is 221 g/mol. The average molecular weight is 237 g/mol. The third-order valence-corrected chi connectivity index (χ3v) is 3.24. The van der Waals surface area contributed by atoms with Crippen LogP contribution in [0.3, 0.4) is 0 Å². The molecule has 1 fully saturated rings. The van der Waals surface area contributed by atoms with Gasteiger partial charge < -0.3 is 10.1 Å². The average Bonchev–Trinajstić information content (AvgIpc) is 2.26. The van der Waals surface area contributed by atoms with Crippen molar-refractivity contribution in [3.05, 3.63) is 35.1 Å². The molecule has 1 aromatic rings. The molecule has 0 radical (unpaired) electrons. The van der Waals surface area contributed by atoms with Crippen LogP contribution < -0.4 is 5.32 Å². The van der Waals surface area contributed by atoms with Gasteiger partial charge in [-0.15, -0.1) is 0 Å². The summed E-state index contributed by atoms with van der Waals surface area (Å²) in [6.07, 6.45) is -0.446. The Morgan fingerprint density at radius 1 is 1.47 bits per heavy atom. The van der Waals surface area contributed by atoms with Crippen LogP contribution in [0, 0.1) is 18.2 Å². The summed E-state index contributed by atoms with van der Waals surface area (Å²) < 4.78 is 18.5. The number of benzene rings is 1. The van der Waals surface area contributed by atoms with Gasteiger partial charge in [-0.1, -0.05) is 26.0 Å².